The van der Waals surface area contributed by atoms with Crippen LogP contribution in [0.4, 0.5) is 13.6 Å². The normalized spacial score (nSPS) is 12.2. The van der Waals surface area contributed by atoms with Crippen LogP contribution >= 0.6 is 0 Å². The van der Waals surface area contributed by atoms with Crippen molar-refractivity contribution in [2.24, 2.45) is 0 Å². The van der Waals surface area contributed by atoms with E-state index >= 15 is 0 Å². The van der Waals surface area contributed by atoms with Crippen LogP contribution < -0.4 is 5.32 Å². The first-order valence-corrected chi connectivity index (χ1v) is 7.51. The molecular weight excluding hydrogens is 316 g/mol. The van der Waals surface area contributed by atoms with Gasteiger partial charge in [0.25, 0.3) is 0 Å². The predicted octanol–water partition coefficient (Wildman–Crippen LogP) is 3.00. The number of carbonyl (C=O) groups is 1. The van der Waals surface area contributed by atoms with Crippen molar-refractivity contribution in [2.75, 3.05) is 27.7 Å². The van der Waals surface area contributed by atoms with E-state index in [1.54, 1.807) is 19.4 Å². The van der Waals surface area contributed by atoms with E-state index in [9.17, 15) is 13.6 Å². The highest BCUT2D eigenvalue weighted by Crippen LogP contribution is 2.17. The average molecular weight is 337 g/mol. The second kappa shape index (κ2) is 7.92. The third-order valence-electron chi connectivity index (χ3n) is 3.71. The summed E-state index contributed by atoms with van der Waals surface area (Å²) in [6, 6.07) is 6.48. The molecule has 0 aliphatic carbocycles. The Bertz CT molecular complexity index is 674. The molecule has 2 aromatic rings. The monoisotopic (exact) mass is 337 g/mol. The van der Waals surface area contributed by atoms with Gasteiger partial charge >= 0.3 is 6.03 Å². The van der Waals surface area contributed by atoms with Crippen molar-refractivity contribution in [1.29, 1.82) is 0 Å². The van der Waals surface area contributed by atoms with Crippen molar-refractivity contribution < 1.29 is 18.0 Å². The minimum atomic E-state index is -0.670. The Morgan fingerprint density at radius 1 is 1.25 bits per heavy atom. The Morgan fingerprint density at radius 3 is 2.58 bits per heavy atom. The van der Waals surface area contributed by atoms with Crippen molar-refractivity contribution in [1.82, 2.24) is 15.1 Å². The summed E-state index contributed by atoms with van der Waals surface area (Å²) < 4.78 is 32.0. The molecule has 0 saturated heterocycles. The third kappa shape index (κ3) is 4.55. The smallest absolute Gasteiger partial charge is 0.317 e. The first-order chi connectivity index (χ1) is 11.4. The van der Waals surface area contributed by atoms with Gasteiger partial charge in [-0.15, -0.1) is 0 Å². The quantitative estimate of drug-likeness (QED) is 0.881. The molecule has 1 N–H and O–H groups in total. The number of urea groups is 1. The molecule has 0 bridgehead atoms. The van der Waals surface area contributed by atoms with Crippen molar-refractivity contribution in [3.8, 4) is 0 Å². The summed E-state index contributed by atoms with van der Waals surface area (Å²) in [7, 11) is 5.32. The van der Waals surface area contributed by atoms with E-state index < -0.39 is 11.6 Å². The van der Waals surface area contributed by atoms with Gasteiger partial charge in [0.15, 0.2) is 0 Å². The van der Waals surface area contributed by atoms with Crippen LogP contribution in [-0.4, -0.2) is 43.5 Å². The van der Waals surface area contributed by atoms with Gasteiger partial charge in [-0.1, -0.05) is 6.07 Å². The van der Waals surface area contributed by atoms with E-state index in [0.717, 1.165) is 11.8 Å². The summed E-state index contributed by atoms with van der Waals surface area (Å²) in [5.41, 5.74) is 0.254. The Hall–Kier alpha value is -2.41. The number of amides is 2. The maximum absolute atomic E-state index is 13.7. The standard InChI is InChI=1S/C17H21F2N3O2/c1-21(2)15(16-5-4-8-24-16)10-20-17(23)22(3)11-12-6-7-13(18)9-14(12)19/h4-9,15H,10-11H2,1-3H3,(H,20,23). The Morgan fingerprint density at radius 2 is 2.00 bits per heavy atom. The largest absolute Gasteiger partial charge is 0.468 e. The van der Waals surface area contributed by atoms with Gasteiger partial charge < -0.3 is 14.6 Å². The minimum Gasteiger partial charge on any atom is -0.468 e. The number of nitrogens with one attached hydrogen (secondary N) is 1. The van der Waals surface area contributed by atoms with Crippen LogP contribution in [0.3, 0.4) is 0 Å². The predicted molar refractivity (Wildman–Crippen MR) is 86.4 cm³/mol. The Labute approximate surface area is 139 Å². The van der Waals surface area contributed by atoms with Crippen molar-refractivity contribution in [2.45, 2.75) is 12.6 Å². The lowest BCUT2D eigenvalue weighted by atomic mass is 10.2. The molecule has 7 heteroatoms. The second-order valence-electron chi connectivity index (χ2n) is 5.77. The molecule has 1 atom stereocenters. The molecule has 0 radical (unpaired) electrons. The average Bonchev–Trinajstić information content (AvgIpc) is 3.03. The van der Waals surface area contributed by atoms with E-state index in [1.165, 1.54) is 17.0 Å². The fraction of sp³-hybridized carbons (Fsp3) is 0.353. The van der Waals surface area contributed by atoms with Gasteiger partial charge in [-0.2, -0.15) is 0 Å². The molecule has 0 fully saturated rings. The second-order valence-corrected chi connectivity index (χ2v) is 5.77. The van der Waals surface area contributed by atoms with Crippen molar-refractivity contribution in [3.05, 3.63) is 59.6 Å². The molecule has 2 amide bonds. The number of benzene rings is 1. The maximum atomic E-state index is 13.7. The molecule has 0 aliphatic heterocycles. The summed E-state index contributed by atoms with van der Waals surface area (Å²) in [5.74, 6) is -0.570. The highest BCUT2D eigenvalue weighted by Gasteiger charge is 2.19. The van der Waals surface area contributed by atoms with E-state index in [2.05, 4.69) is 5.32 Å². The lowest BCUT2D eigenvalue weighted by Crippen LogP contribution is -2.41. The molecule has 1 aromatic carbocycles. The zero-order valence-electron chi connectivity index (χ0n) is 13.9. The molecular formula is C17H21F2N3O2. The summed E-state index contributed by atoms with van der Waals surface area (Å²) >= 11 is 0. The van der Waals surface area contributed by atoms with Crippen LogP contribution in [0.2, 0.25) is 0 Å². The lowest BCUT2D eigenvalue weighted by molar-refractivity contribution is 0.196. The van der Waals surface area contributed by atoms with Crippen LogP contribution in [0.1, 0.15) is 17.4 Å². The first-order valence-electron chi connectivity index (χ1n) is 7.51. The molecule has 2 rings (SSSR count). The Balaban J connectivity index is 1.93. The Kier molecular flexibility index (Phi) is 5.92. The van der Waals surface area contributed by atoms with Gasteiger partial charge in [0.1, 0.15) is 17.4 Å². The van der Waals surface area contributed by atoms with Gasteiger partial charge in [0.2, 0.25) is 0 Å². The molecule has 1 unspecified atom stereocenters. The highest BCUT2D eigenvalue weighted by molar-refractivity contribution is 5.73. The van der Waals surface area contributed by atoms with Gasteiger partial charge in [-0.25, -0.2) is 13.6 Å². The number of hydrogen-bond acceptors (Lipinski definition) is 3. The number of rotatable bonds is 6. The van der Waals surface area contributed by atoms with Gasteiger partial charge in [-0.05, 0) is 32.3 Å². The molecule has 130 valence electrons. The van der Waals surface area contributed by atoms with E-state index in [1.807, 2.05) is 25.1 Å². The number of carbonyl (C=O) groups excluding carboxylic acids is 1. The number of nitrogens with zero attached hydrogens (tertiary/aromatic N) is 2. The number of halogens is 2. The summed E-state index contributed by atoms with van der Waals surface area (Å²) in [6.45, 7) is 0.390. The number of furan rings is 1. The van der Waals surface area contributed by atoms with Crippen LogP contribution in [0.25, 0.3) is 0 Å². The molecule has 5 nitrogen and oxygen atoms in total. The summed E-state index contributed by atoms with van der Waals surface area (Å²) in [5, 5.41) is 2.79. The zero-order chi connectivity index (χ0) is 17.7. The molecule has 0 aliphatic rings. The fourth-order valence-corrected chi connectivity index (χ4v) is 2.31. The van der Waals surface area contributed by atoms with E-state index in [0.29, 0.717) is 6.54 Å². The fourth-order valence-electron chi connectivity index (χ4n) is 2.31. The molecule has 24 heavy (non-hydrogen) atoms. The molecule has 0 saturated carbocycles. The van der Waals surface area contributed by atoms with Crippen LogP contribution in [-0.2, 0) is 6.54 Å². The van der Waals surface area contributed by atoms with E-state index in [-0.39, 0.29) is 24.2 Å². The summed E-state index contributed by atoms with van der Waals surface area (Å²) in [4.78, 5) is 15.5. The van der Waals surface area contributed by atoms with Crippen LogP contribution in [0, 0.1) is 11.6 Å². The van der Waals surface area contributed by atoms with Crippen molar-refractivity contribution >= 4 is 6.03 Å². The first kappa shape index (κ1) is 17.9. The van der Waals surface area contributed by atoms with Gasteiger partial charge in [0, 0.05) is 31.8 Å². The number of hydrogen-bond donors (Lipinski definition) is 1. The summed E-state index contributed by atoms with van der Waals surface area (Å²) in [6.07, 6.45) is 1.58. The van der Waals surface area contributed by atoms with Gasteiger partial charge in [-0.3, -0.25) is 4.90 Å². The lowest BCUT2D eigenvalue weighted by Gasteiger charge is -2.24. The van der Waals surface area contributed by atoms with Crippen molar-refractivity contribution in [3.63, 3.8) is 0 Å². The van der Waals surface area contributed by atoms with E-state index in [4.69, 9.17) is 4.42 Å². The van der Waals surface area contributed by atoms with Crippen LogP contribution in [0.15, 0.2) is 41.0 Å². The molecule has 0 spiro atoms. The van der Waals surface area contributed by atoms with Gasteiger partial charge in [0.05, 0.1) is 12.3 Å². The topological polar surface area (TPSA) is 48.7 Å². The SMILES string of the molecule is CN(Cc1ccc(F)cc1F)C(=O)NCC(c1ccco1)N(C)C. The molecule has 1 aromatic heterocycles. The maximum Gasteiger partial charge on any atom is 0.317 e. The number of likely N-dealkylation sites (N-methyl/N-ethyl adjacent to an activating group) is 1. The molecule has 1 heterocycles. The minimum absolute atomic E-state index is 0.0470. The highest BCUT2D eigenvalue weighted by atomic mass is 19.1. The zero-order valence-corrected chi connectivity index (χ0v) is 13.9. The van der Waals surface area contributed by atoms with Crippen LogP contribution in [0.5, 0.6) is 0 Å². The third-order valence-corrected chi connectivity index (χ3v) is 3.71.